The second-order valence-corrected chi connectivity index (χ2v) is 6.88. The molecule has 2 saturated heterocycles. The number of carbonyl (C=O) groups is 1. The van der Waals surface area contributed by atoms with Crippen molar-refractivity contribution in [2.75, 3.05) is 26.4 Å². The normalized spacial score (nSPS) is 38.1. The van der Waals surface area contributed by atoms with Gasteiger partial charge in [-0.25, -0.2) is 4.79 Å². The highest BCUT2D eigenvalue weighted by atomic mass is 16.5. The van der Waals surface area contributed by atoms with E-state index >= 15 is 0 Å². The fraction of sp³-hybridized carbons (Fsp3) is 0.933. The lowest BCUT2D eigenvalue weighted by molar-refractivity contribution is -0.0764. The summed E-state index contributed by atoms with van der Waals surface area (Å²) in [4.78, 5) is 14.5. The quantitative estimate of drug-likeness (QED) is 0.856. The van der Waals surface area contributed by atoms with Gasteiger partial charge in [-0.15, -0.1) is 0 Å². The van der Waals surface area contributed by atoms with E-state index in [9.17, 15) is 4.79 Å². The molecule has 114 valence electrons. The molecule has 0 aromatic carbocycles. The summed E-state index contributed by atoms with van der Waals surface area (Å²) in [6, 6.07) is 0.728. The lowest BCUT2D eigenvalue weighted by Crippen LogP contribution is -2.52. The first-order valence-electron chi connectivity index (χ1n) is 7.80. The summed E-state index contributed by atoms with van der Waals surface area (Å²) in [7, 11) is 0. The average Bonchev–Trinajstić information content (AvgIpc) is 2.83. The molecule has 0 spiro atoms. The van der Waals surface area contributed by atoms with E-state index in [1.807, 2.05) is 4.90 Å². The maximum Gasteiger partial charge on any atom is 0.317 e. The number of nitrogens with one attached hydrogen (secondary N) is 1. The number of carbonyl (C=O) groups excluding carboxylic acids is 1. The fourth-order valence-corrected chi connectivity index (χ4v) is 3.71. The summed E-state index contributed by atoms with van der Waals surface area (Å²) in [5, 5.41) is 3.20. The monoisotopic (exact) mass is 282 g/mol. The molecule has 5 heteroatoms. The van der Waals surface area contributed by atoms with Gasteiger partial charge in [0, 0.05) is 37.1 Å². The number of hydrogen-bond acceptors (Lipinski definition) is 3. The molecule has 2 heterocycles. The summed E-state index contributed by atoms with van der Waals surface area (Å²) in [6.45, 7) is 9.38. The predicted octanol–water partition coefficient (Wildman–Crippen LogP) is 1.62. The van der Waals surface area contributed by atoms with Crippen molar-refractivity contribution >= 4 is 6.03 Å². The highest BCUT2D eigenvalue weighted by molar-refractivity contribution is 5.75. The topological polar surface area (TPSA) is 50.8 Å². The van der Waals surface area contributed by atoms with Crippen molar-refractivity contribution in [1.29, 1.82) is 0 Å². The molecule has 2 aliphatic heterocycles. The summed E-state index contributed by atoms with van der Waals surface area (Å²) in [5.41, 5.74) is -0.124. The van der Waals surface area contributed by atoms with Crippen molar-refractivity contribution in [3.63, 3.8) is 0 Å². The molecule has 0 aromatic heterocycles. The van der Waals surface area contributed by atoms with Crippen LogP contribution in [0.2, 0.25) is 0 Å². The second-order valence-electron chi connectivity index (χ2n) is 6.88. The Hall–Kier alpha value is -0.810. The molecule has 2 unspecified atom stereocenters. The highest BCUT2D eigenvalue weighted by Crippen LogP contribution is 2.44. The van der Waals surface area contributed by atoms with Crippen molar-refractivity contribution in [3.8, 4) is 0 Å². The Morgan fingerprint density at radius 3 is 2.65 bits per heavy atom. The van der Waals surface area contributed by atoms with E-state index in [2.05, 4.69) is 26.1 Å². The van der Waals surface area contributed by atoms with Gasteiger partial charge in [-0.05, 0) is 33.6 Å². The van der Waals surface area contributed by atoms with Crippen molar-refractivity contribution in [2.24, 2.45) is 11.8 Å². The van der Waals surface area contributed by atoms with Crippen LogP contribution in [0.3, 0.4) is 0 Å². The Kier molecular flexibility index (Phi) is 3.67. The van der Waals surface area contributed by atoms with Crippen molar-refractivity contribution in [2.45, 2.75) is 51.3 Å². The minimum absolute atomic E-state index is 0.0922. The van der Waals surface area contributed by atoms with Crippen LogP contribution in [0.1, 0.15) is 33.6 Å². The van der Waals surface area contributed by atoms with Crippen LogP contribution >= 0.6 is 0 Å². The van der Waals surface area contributed by atoms with Gasteiger partial charge in [0.15, 0.2) is 0 Å². The second kappa shape index (κ2) is 5.19. The lowest BCUT2D eigenvalue weighted by atomic mass is 9.93. The van der Waals surface area contributed by atoms with E-state index in [0.29, 0.717) is 23.9 Å². The van der Waals surface area contributed by atoms with Gasteiger partial charge in [0.25, 0.3) is 0 Å². The summed E-state index contributed by atoms with van der Waals surface area (Å²) in [6.07, 6.45) is 1.85. The van der Waals surface area contributed by atoms with Crippen molar-refractivity contribution in [1.82, 2.24) is 10.2 Å². The first-order valence-corrected chi connectivity index (χ1v) is 7.80. The lowest BCUT2D eigenvalue weighted by Gasteiger charge is -2.41. The maximum absolute atomic E-state index is 12.5. The molecule has 5 nitrogen and oxygen atoms in total. The number of ether oxygens (including phenoxy) is 2. The third kappa shape index (κ3) is 2.66. The van der Waals surface area contributed by atoms with Crippen molar-refractivity contribution in [3.05, 3.63) is 0 Å². The molecule has 4 atom stereocenters. The molecule has 1 saturated carbocycles. The van der Waals surface area contributed by atoms with Gasteiger partial charge in [0.2, 0.25) is 0 Å². The molecule has 1 aliphatic carbocycles. The van der Waals surface area contributed by atoms with Crippen LogP contribution in [-0.2, 0) is 9.47 Å². The van der Waals surface area contributed by atoms with Gasteiger partial charge in [0.1, 0.15) is 0 Å². The third-order valence-electron chi connectivity index (χ3n) is 4.96. The van der Waals surface area contributed by atoms with Gasteiger partial charge < -0.3 is 19.7 Å². The largest absolute Gasteiger partial charge is 0.381 e. The summed E-state index contributed by atoms with van der Waals surface area (Å²) >= 11 is 0. The molecule has 0 radical (unpaired) electrons. The number of rotatable bonds is 3. The molecular weight excluding hydrogens is 256 g/mol. The van der Waals surface area contributed by atoms with Crippen LogP contribution in [0, 0.1) is 11.8 Å². The molecule has 2 amide bonds. The molecule has 20 heavy (non-hydrogen) atoms. The minimum atomic E-state index is -0.124. The standard InChI is InChI=1S/C15H26N2O3/c1-4-17(10-5-6-20-15(2,3)7-10)14(18)16-13-11-8-19-9-12(11)13/h10-13H,4-9H2,1-3H3,(H,16,18)/t10?,11-,12+,13?. The van der Waals surface area contributed by atoms with Crippen LogP contribution in [0.5, 0.6) is 0 Å². The smallest absolute Gasteiger partial charge is 0.317 e. The zero-order valence-corrected chi connectivity index (χ0v) is 12.7. The van der Waals surface area contributed by atoms with E-state index < -0.39 is 0 Å². The number of urea groups is 1. The maximum atomic E-state index is 12.5. The zero-order valence-electron chi connectivity index (χ0n) is 12.7. The van der Waals surface area contributed by atoms with Crippen LogP contribution in [0.25, 0.3) is 0 Å². The van der Waals surface area contributed by atoms with Gasteiger partial charge in [-0.2, -0.15) is 0 Å². The van der Waals surface area contributed by atoms with Crippen LogP contribution < -0.4 is 5.32 Å². The first kappa shape index (κ1) is 14.1. The van der Waals surface area contributed by atoms with Crippen LogP contribution in [-0.4, -0.2) is 55.0 Å². The fourth-order valence-electron chi connectivity index (χ4n) is 3.71. The minimum Gasteiger partial charge on any atom is -0.381 e. The zero-order chi connectivity index (χ0) is 14.3. The highest BCUT2D eigenvalue weighted by Gasteiger charge is 2.55. The molecule has 1 N–H and O–H groups in total. The number of nitrogens with zero attached hydrogens (tertiary/aromatic N) is 1. The Bertz CT molecular complexity index is 375. The summed E-state index contributed by atoms with van der Waals surface area (Å²) < 4.78 is 11.1. The van der Waals surface area contributed by atoms with Crippen molar-refractivity contribution < 1.29 is 14.3 Å². The van der Waals surface area contributed by atoms with Crippen LogP contribution in [0.4, 0.5) is 4.79 Å². The molecular formula is C15H26N2O3. The number of fused-ring (bicyclic) bond motifs is 1. The van der Waals surface area contributed by atoms with E-state index in [1.54, 1.807) is 0 Å². The molecule has 3 aliphatic rings. The molecule has 0 aromatic rings. The predicted molar refractivity (Wildman–Crippen MR) is 75.6 cm³/mol. The Balaban J connectivity index is 1.57. The van der Waals surface area contributed by atoms with Gasteiger partial charge in [0.05, 0.1) is 18.8 Å². The van der Waals surface area contributed by atoms with E-state index in [4.69, 9.17) is 9.47 Å². The average molecular weight is 282 g/mol. The van der Waals surface area contributed by atoms with E-state index in [0.717, 1.165) is 39.2 Å². The van der Waals surface area contributed by atoms with E-state index in [-0.39, 0.29) is 11.6 Å². The third-order valence-corrected chi connectivity index (χ3v) is 4.96. The Morgan fingerprint density at radius 1 is 1.35 bits per heavy atom. The summed E-state index contributed by atoms with van der Waals surface area (Å²) in [5.74, 6) is 1.12. The van der Waals surface area contributed by atoms with Gasteiger partial charge in [-0.1, -0.05) is 0 Å². The van der Waals surface area contributed by atoms with Gasteiger partial charge in [-0.3, -0.25) is 0 Å². The van der Waals surface area contributed by atoms with E-state index in [1.165, 1.54) is 0 Å². The van der Waals surface area contributed by atoms with Gasteiger partial charge >= 0.3 is 6.03 Å². The molecule has 3 rings (SSSR count). The number of hydrogen-bond donors (Lipinski definition) is 1. The Morgan fingerprint density at radius 2 is 2.05 bits per heavy atom. The molecule has 0 bridgehead atoms. The number of amides is 2. The van der Waals surface area contributed by atoms with Crippen LogP contribution in [0.15, 0.2) is 0 Å². The first-order chi connectivity index (χ1) is 9.52. The molecule has 3 fully saturated rings. The SMILES string of the molecule is CCN(C(=O)NC1[C@H]2COC[C@@H]12)C1CCOC(C)(C)C1. The Labute approximate surface area is 121 Å².